The molecule has 0 fully saturated rings. The van der Waals surface area contributed by atoms with E-state index in [-0.39, 0.29) is 5.56 Å². The summed E-state index contributed by atoms with van der Waals surface area (Å²) in [6.07, 6.45) is 1.67. The second-order valence-electron chi connectivity index (χ2n) is 4.68. The quantitative estimate of drug-likeness (QED) is 0.708. The number of hydrogen-bond donors (Lipinski definition) is 2. The lowest BCUT2D eigenvalue weighted by molar-refractivity contribution is 0.0697. The minimum absolute atomic E-state index is 0.213. The Bertz CT molecular complexity index is 913. The van der Waals surface area contributed by atoms with Gasteiger partial charge in [0.2, 0.25) is 0 Å². The van der Waals surface area contributed by atoms with Gasteiger partial charge in [-0.15, -0.1) is 0 Å². The number of rotatable bonds is 3. The number of carboxylic acids is 1. The molecule has 2 N–H and O–H groups in total. The fourth-order valence-corrected chi connectivity index (χ4v) is 2.20. The van der Waals surface area contributed by atoms with Crippen molar-refractivity contribution in [3.63, 3.8) is 0 Å². The zero-order valence-electron chi connectivity index (χ0n) is 11.4. The first kappa shape index (κ1) is 13.6. The van der Waals surface area contributed by atoms with Gasteiger partial charge in [0.15, 0.2) is 5.69 Å². The van der Waals surface area contributed by atoms with Crippen LogP contribution in [0.15, 0.2) is 54.7 Å². The molecule has 0 aliphatic rings. The predicted molar refractivity (Wildman–Crippen MR) is 84.7 cm³/mol. The van der Waals surface area contributed by atoms with Gasteiger partial charge in [-0.2, -0.15) is 0 Å². The molecule has 22 heavy (non-hydrogen) atoms. The van der Waals surface area contributed by atoms with E-state index >= 15 is 0 Å². The highest BCUT2D eigenvalue weighted by Gasteiger charge is 2.06. The van der Waals surface area contributed by atoms with Gasteiger partial charge in [0.1, 0.15) is 0 Å². The van der Waals surface area contributed by atoms with Gasteiger partial charge in [-0.1, -0.05) is 12.1 Å². The van der Waals surface area contributed by atoms with Gasteiger partial charge < -0.3 is 10.4 Å². The summed E-state index contributed by atoms with van der Waals surface area (Å²) in [5.41, 5.74) is 2.96. The molecular weight excluding hydrogens is 278 g/mol. The highest BCUT2D eigenvalue weighted by Crippen LogP contribution is 2.28. The molecule has 1 aromatic heterocycles. The lowest BCUT2D eigenvalue weighted by atomic mass is 10.1. The van der Waals surface area contributed by atoms with E-state index in [0.717, 1.165) is 16.6 Å². The van der Waals surface area contributed by atoms with Crippen LogP contribution in [-0.4, -0.2) is 16.1 Å². The maximum atomic E-state index is 11.0. The molecule has 5 heteroatoms. The van der Waals surface area contributed by atoms with Crippen LogP contribution in [0.3, 0.4) is 0 Å². The van der Waals surface area contributed by atoms with Crippen LogP contribution in [0, 0.1) is 6.57 Å². The number of benzene rings is 2. The Morgan fingerprint density at radius 3 is 2.82 bits per heavy atom. The van der Waals surface area contributed by atoms with Crippen molar-refractivity contribution in [3.05, 3.63) is 71.7 Å². The van der Waals surface area contributed by atoms with E-state index in [1.807, 2.05) is 0 Å². The number of fused-ring (bicyclic) bond motifs is 1. The summed E-state index contributed by atoms with van der Waals surface area (Å²) in [4.78, 5) is 18.7. The van der Waals surface area contributed by atoms with Gasteiger partial charge in [0.05, 0.1) is 17.7 Å². The van der Waals surface area contributed by atoms with Crippen molar-refractivity contribution in [2.24, 2.45) is 0 Å². The van der Waals surface area contributed by atoms with Gasteiger partial charge in [0, 0.05) is 23.0 Å². The first-order chi connectivity index (χ1) is 10.7. The molecule has 3 rings (SSSR count). The molecule has 0 aliphatic carbocycles. The lowest BCUT2D eigenvalue weighted by Crippen LogP contribution is -1.98. The molecule has 0 atom stereocenters. The maximum absolute atomic E-state index is 11.0. The molecule has 0 saturated carbocycles. The molecule has 0 radical (unpaired) electrons. The fraction of sp³-hybridized carbons (Fsp3) is 0. The largest absolute Gasteiger partial charge is 0.478 e. The number of carboxylic acid groups (broad SMARTS) is 1. The maximum Gasteiger partial charge on any atom is 0.335 e. The second-order valence-corrected chi connectivity index (χ2v) is 4.68. The molecule has 0 aliphatic heterocycles. The summed E-state index contributed by atoms with van der Waals surface area (Å²) in [5.74, 6) is -0.974. The normalized spacial score (nSPS) is 10.1. The van der Waals surface area contributed by atoms with Crippen molar-refractivity contribution >= 4 is 33.9 Å². The molecule has 0 bridgehead atoms. The van der Waals surface area contributed by atoms with Crippen LogP contribution < -0.4 is 5.32 Å². The highest BCUT2D eigenvalue weighted by atomic mass is 16.4. The molecule has 0 unspecified atom stereocenters. The lowest BCUT2D eigenvalue weighted by Gasteiger charge is -2.10. The summed E-state index contributed by atoms with van der Waals surface area (Å²) in [6, 6.07) is 13.6. The first-order valence-electron chi connectivity index (χ1n) is 6.54. The summed E-state index contributed by atoms with van der Waals surface area (Å²) in [5, 5.41) is 13.0. The number of aromatic carboxylic acids is 1. The predicted octanol–water partition coefficient (Wildman–Crippen LogP) is 4.23. The SMILES string of the molecule is [C-]#[N+]c1ccc2nccc(Nc3cccc(C(=O)O)c3)c2c1. The van der Waals surface area contributed by atoms with Crippen LogP contribution in [-0.2, 0) is 0 Å². The standard InChI is InChI=1S/C17H11N3O2/c1-18-12-5-6-15-14(10-12)16(7-8-19-15)20-13-4-2-3-11(9-13)17(21)22/h2-10H,(H,19,20)(H,21,22). The summed E-state index contributed by atoms with van der Waals surface area (Å²) in [6.45, 7) is 7.10. The van der Waals surface area contributed by atoms with Crippen LogP contribution in [0.4, 0.5) is 17.1 Å². The third-order valence-corrected chi connectivity index (χ3v) is 3.24. The van der Waals surface area contributed by atoms with Crippen molar-refractivity contribution in [2.75, 3.05) is 5.32 Å². The Morgan fingerprint density at radius 1 is 1.18 bits per heavy atom. The molecule has 106 valence electrons. The van der Waals surface area contributed by atoms with E-state index < -0.39 is 5.97 Å². The van der Waals surface area contributed by atoms with Gasteiger partial charge in [0.25, 0.3) is 0 Å². The number of pyridine rings is 1. The molecule has 1 heterocycles. The Kier molecular flexibility index (Phi) is 3.42. The highest BCUT2D eigenvalue weighted by molar-refractivity contribution is 5.95. The molecule has 5 nitrogen and oxygen atoms in total. The molecule has 0 amide bonds. The minimum Gasteiger partial charge on any atom is -0.478 e. The number of carbonyl (C=O) groups is 1. The van der Waals surface area contributed by atoms with E-state index in [4.69, 9.17) is 11.7 Å². The van der Waals surface area contributed by atoms with Crippen molar-refractivity contribution in [1.29, 1.82) is 0 Å². The number of nitrogens with zero attached hydrogens (tertiary/aromatic N) is 2. The van der Waals surface area contributed by atoms with Crippen LogP contribution in [0.1, 0.15) is 10.4 Å². The molecule has 0 spiro atoms. The summed E-state index contributed by atoms with van der Waals surface area (Å²) >= 11 is 0. The van der Waals surface area contributed by atoms with E-state index in [2.05, 4.69) is 15.1 Å². The van der Waals surface area contributed by atoms with E-state index in [9.17, 15) is 4.79 Å². The molecular formula is C17H11N3O2. The monoisotopic (exact) mass is 289 g/mol. The smallest absolute Gasteiger partial charge is 0.335 e. The van der Waals surface area contributed by atoms with Crippen molar-refractivity contribution in [1.82, 2.24) is 4.98 Å². The Balaban J connectivity index is 2.05. The van der Waals surface area contributed by atoms with Crippen molar-refractivity contribution in [2.45, 2.75) is 0 Å². The second kappa shape index (κ2) is 5.54. The van der Waals surface area contributed by atoms with Crippen LogP contribution in [0.2, 0.25) is 0 Å². The third-order valence-electron chi connectivity index (χ3n) is 3.24. The third kappa shape index (κ3) is 2.58. The van der Waals surface area contributed by atoms with Crippen LogP contribution in [0.5, 0.6) is 0 Å². The Labute approximate surface area is 126 Å². The zero-order chi connectivity index (χ0) is 15.5. The fourth-order valence-electron chi connectivity index (χ4n) is 2.20. The number of nitrogens with one attached hydrogen (secondary N) is 1. The number of anilines is 2. The molecule has 3 aromatic rings. The molecule has 2 aromatic carbocycles. The van der Waals surface area contributed by atoms with Crippen molar-refractivity contribution < 1.29 is 9.90 Å². The van der Waals surface area contributed by atoms with Crippen LogP contribution >= 0.6 is 0 Å². The number of aromatic nitrogens is 1. The van der Waals surface area contributed by atoms with Crippen LogP contribution in [0.25, 0.3) is 15.7 Å². The van der Waals surface area contributed by atoms with E-state index in [1.54, 1.807) is 48.7 Å². The topological polar surface area (TPSA) is 66.6 Å². The first-order valence-corrected chi connectivity index (χ1v) is 6.54. The van der Waals surface area contributed by atoms with E-state index in [0.29, 0.717) is 11.4 Å². The Hall–Kier alpha value is -3.39. The van der Waals surface area contributed by atoms with E-state index in [1.165, 1.54) is 6.07 Å². The van der Waals surface area contributed by atoms with Gasteiger partial charge >= 0.3 is 5.97 Å². The Morgan fingerprint density at radius 2 is 2.05 bits per heavy atom. The minimum atomic E-state index is -0.974. The zero-order valence-corrected chi connectivity index (χ0v) is 11.4. The number of hydrogen-bond acceptors (Lipinski definition) is 3. The van der Waals surface area contributed by atoms with Gasteiger partial charge in [-0.05, 0) is 36.4 Å². The van der Waals surface area contributed by atoms with Gasteiger partial charge in [-0.25, -0.2) is 9.64 Å². The molecule has 0 saturated heterocycles. The summed E-state index contributed by atoms with van der Waals surface area (Å²) in [7, 11) is 0. The van der Waals surface area contributed by atoms with Crippen molar-refractivity contribution in [3.8, 4) is 0 Å². The summed E-state index contributed by atoms with van der Waals surface area (Å²) < 4.78 is 0. The average molecular weight is 289 g/mol. The average Bonchev–Trinajstić information content (AvgIpc) is 2.55. The van der Waals surface area contributed by atoms with Gasteiger partial charge in [-0.3, -0.25) is 4.98 Å².